The summed E-state index contributed by atoms with van der Waals surface area (Å²) in [6.07, 6.45) is 3.40. The molecule has 0 radical (unpaired) electrons. The van der Waals surface area contributed by atoms with Crippen LogP contribution in [0.1, 0.15) is 49.9 Å². The molecule has 0 aliphatic heterocycles. The van der Waals surface area contributed by atoms with E-state index in [0.29, 0.717) is 5.56 Å². The van der Waals surface area contributed by atoms with Crippen LogP contribution in [0.25, 0.3) is 0 Å². The molecule has 0 spiro atoms. The molecular formula is C15H22O5. The van der Waals surface area contributed by atoms with Crippen molar-refractivity contribution in [1.29, 1.82) is 0 Å². The van der Waals surface area contributed by atoms with Crippen molar-refractivity contribution in [3.8, 4) is 0 Å². The van der Waals surface area contributed by atoms with Crippen LogP contribution in [0.2, 0.25) is 0 Å². The van der Waals surface area contributed by atoms with Gasteiger partial charge in [-0.25, -0.2) is 0 Å². The molecule has 1 heterocycles. The molecule has 1 aromatic heterocycles. The molecule has 2 N–H and O–H groups in total. The highest BCUT2D eigenvalue weighted by Gasteiger charge is 2.26. The van der Waals surface area contributed by atoms with Crippen LogP contribution in [-0.2, 0) is 4.79 Å². The smallest absolute Gasteiger partial charge is 0.166 e. The molecule has 0 saturated carbocycles. The highest BCUT2D eigenvalue weighted by Crippen LogP contribution is 2.21. The van der Waals surface area contributed by atoms with Crippen LogP contribution in [0.4, 0.5) is 0 Å². The van der Waals surface area contributed by atoms with E-state index in [2.05, 4.69) is 0 Å². The van der Waals surface area contributed by atoms with Gasteiger partial charge in [0.2, 0.25) is 0 Å². The fraction of sp³-hybridized carbons (Fsp3) is 0.600. The van der Waals surface area contributed by atoms with E-state index in [1.54, 1.807) is 19.9 Å². The molecule has 1 aromatic rings. The van der Waals surface area contributed by atoms with Gasteiger partial charge < -0.3 is 14.6 Å². The quantitative estimate of drug-likeness (QED) is 0.676. The number of Topliss-reactive ketones (excluding diaryl/α,β-unsaturated/α-hetero) is 2. The standard InChI is InChI=1S/C15H22O5/c1-11(9-16)7-13(17)8-15(2,19)5-3-14(18)12-4-6-20-10-12/h4,6,10-11,16,19H,3,5,7-9H2,1-2H3/t11-,15-/m0/s1. The molecule has 2 atom stereocenters. The normalized spacial score (nSPS) is 15.6. The molecule has 0 saturated heterocycles. The fourth-order valence-electron chi connectivity index (χ4n) is 1.99. The van der Waals surface area contributed by atoms with Gasteiger partial charge in [-0.1, -0.05) is 6.92 Å². The van der Waals surface area contributed by atoms with Crippen LogP contribution in [0.15, 0.2) is 23.0 Å². The Kier molecular flexibility index (Phi) is 6.10. The molecule has 20 heavy (non-hydrogen) atoms. The first-order chi connectivity index (χ1) is 9.34. The van der Waals surface area contributed by atoms with Gasteiger partial charge in [0.25, 0.3) is 0 Å². The maximum absolute atomic E-state index is 11.8. The van der Waals surface area contributed by atoms with Crippen LogP contribution in [0.3, 0.4) is 0 Å². The van der Waals surface area contributed by atoms with Crippen LogP contribution in [-0.4, -0.2) is 34.0 Å². The highest BCUT2D eigenvalue weighted by molar-refractivity contribution is 5.95. The van der Waals surface area contributed by atoms with Crippen LogP contribution in [0, 0.1) is 5.92 Å². The summed E-state index contributed by atoms with van der Waals surface area (Å²) in [5.74, 6) is -0.326. The van der Waals surface area contributed by atoms with Crippen molar-refractivity contribution in [2.45, 2.75) is 45.1 Å². The molecule has 0 amide bonds. The minimum Gasteiger partial charge on any atom is -0.472 e. The zero-order chi connectivity index (χ0) is 15.2. The predicted octanol–water partition coefficient (Wildman–Crippen LogP) is 1.97. The van der Waals surface area contributed by atoms with Gasteiger partial charge in [0.15, 0.2) is 5.78 Å². The SMILES string of the molecule is C[C@H](CO)CC(=O)C[C@@](C)(O)CCC(=O)c1ccoc1. The van der Waals surface area contributed by atoms with Gasteiger partial charge in [0, 0.05) is 25.9 Å². The Morgan fingerprint density at radius 3 is 2.70 bits per heavy atom. The third kappa shape index (κ3) is 5.67. The summed E-state index contributed by atoms with van der Waals surface area (Å²) in [5, 5.41) is 19.1. The number of hydrogen-bond donors (Lipinski definition) is 2. The molecule has 0 aliphatic rings. The Hall–Kier alpha value is -1.46. The Labute approximate surface area is 118 Å². The summed E-state index contributed by atoms with van der Waals surface area (Å²) in [6.45, 7) is 3.28. The lowest BCUT2D eigenvalue weighted by atomic mass is 9.89. The van der Waals surface area contributed by atoms with E-state index >= 15 is 0 Å². The lowest BCUT2D eigenvalue weighted by molar-refractivity contribution is -0.124. The molecule has 0 unspecified atom stereocenters. The summed E-state index contributed by atoms with van der Waals surface area (Å²) in [7, 11) is 0. The van der Waals surface area contributed by atoms with Crippen molar-refractivity contribution in [2.75, 3.05) is 6.61 Å². The van der Waals surface area contributed by atoms with Crippen LogP contribution < -0.4 is 0 Å². The second-order valence-corrected chi connectivity index (χ2v) is 5.64. The zero-order valence-corrected chi connectivity index (χ0v) is 12.0. The molecule has 0 bridgehead atoms. The summed E-state index contributed by atoms with van der Waals surface area (Å²) in [5.41, 5.74) is -0.730. The molecule has 1 rings (SSSR count). The van der Waals surface area contributed by atoms with Gasteiger partial charge >= 0.3 is 0 Å². The van der Waals surface area contributed by atoms with Gasteiger partial charge in [-0.05, 0) is 25.3 Å². The number of furan rings is 1. The van der Waals surface area contributed by atoms with Crippen molar-refractivity contribution < 1.29 is 24.2 Å². The number of aliphatic hydroxyl groups is 2. The minimum absolute atomic E-state index is 0.00396. The largest absolute Gasteiger partial charge is 0.472 e. The lowest BCUT2D eigenvalue weighted by Crippen LogP contribution is -2.29. The van der Waals surface area contributed by atoms with Crippen molar-refractivity contribution in [1.82, 2.24) is 0 Å². The second kappa shape index (κ2) is 7.36. The molecule has 0 fully saturated rings. The molecule has 112 valence electrons. The van der Waals surface area contributed by atoms with Crippen LogP contribution in [0.5, 0.6) is 0 Å². The molecule has 5 heteroatoms. The van der Waals surface area contributed by atoms with Crippen LogP contribution >= 0.6 is 0 Å². The average Bonchev–Trinajstić information content (AvgIpc) is 2.88. The Morgan fingerprint density at radius 2 is 2.15 bits per heavy atom. The third-order valence-corrected chi connectivity index (χ3v) is 3.20. The highest BCUT2D eigenvalue weighted by atomic mass is 16.3. The van der Waals surface area contributed by atoms with E-state index in [1.165, 1.54) is 12.5 Å². The van der Waals surface area contributed by atoms with Crippen molar-refractivity contribution >= 4 is 11.6 Å². The molecule has 5 nitrogen and oxygen atoms in total. The van der Waals surface area contributed by atoms with E-state index in [1.807, 2.05) is 0 Å². The van der Waals surface area contributed by atoms with Gasteiger partial charge in [-0.15, -0.1) is 0 Å². The number of carbonyl (C=O) groups is 2. The summed E-state index contributed by atoms with van der Waals surface area (Å²) < 4.78 is 4.83. The monoisotopic (exact) mass is 282 g/mol. The molecule has 0 aromatic carbocycles. The lowest BCUT2D eigenvalue weighted by Gasteiger charge is -2.22. The third-order valence-electron chi connectivity index (χ3n) is 3.20. The Bertz CT molecular complexity index is 433. The van der Waals surface area contributed by atoms with Gasteiger partial charge in [-0.2, -0.15) is 0 Å². The van der Waals surface area contributed by atoms with Crippen molar-refractivity contribution in [3.63, 3.8) is 0 Å². The van der Waals surface area contributed by atoms with Gasteiger partial charge in [0.1, 0.15) is 12.0 Å². The van der Waals surface area contributed by atoms with Crippen molar-refractivity contribution in [2.24, 2.45) is 5.92 Å². The zero-order valence-electron chi connectivity index (χ0n) is 12.0. The Balaban J connectivity index is 2.41. The number of carbonyl (C=O) groups excluding carboxylic acids is 2. The first-order valence-electron chi connectivity index (χ1n) is 6.74. The topological polar surface area (TPSA) is 87.7 Å². The number of ketones is 2. The second-order valence-electron chi connectivity index (χ2n) is 5.64. The number of rotatable bonds is 9. The van der Waals surface area contributed by atoms with Gasteiger partial charge in [0.05, 0.1) is 17.4 Å². The first-order valence-corrected chi connectivity index (χ1v) is 6.74. The summed E-state index contributed by atoms with van der Waals surface area (Å²) in [4.78, 5) is 23.5. The Morgan fingerprint density at radius 1 is 1.45 bits per heavy atom. The molecule has 0 aliphatic carbocycles. The van der Waals surface area contributed by atoms with E-state index in [0.717, 1.165) is 0 Å². The number of hydrogen-bond acceptors (Lipinski definition) is 5. The maximum Gasteiger partial charge on any atom is 0.166 e. The predicted molar refractivity (Wildman–Crippen MR) is 73.4 cm³/mol. The summed E-state index contributed by atoms with van der Waals surface area (Å²) in [6, 6.07) is 1.57. The summed E-state index contributed by atoms with van der Waals surface area (Å²) >= 11 is 0. The number of aliphatic hydroxyl groups excluding tert-OH is 1. The van der Waals surface area contributed by atoms with E-state index in [-0.39, 0.29) is 49.8 Å². The van der Waals surface area contributed by atoms with E-state index in [9.17, 15) is 14.7 Å². The fourth-order valence-corrected chi connectivity index (χ4v) is 1.99. The van der Waals surface area contributed by atoms with E-state index < -0.39 is 5.60 Å². The molecular weight excluding hydrogens is 260 g/mol. The minimum atomic E-state index is -1.20. The maximum atomic E-state index is 11.8. The van der Waals surface area contributed by atoms with Crippen molar-refractivity contribution in [3.05, 3.63) is 24.2 Å². The van der Waals surface area contributed by atoms with E-state index in [4.69, 9.17) is 9.52 Å². The first kappa shape index (κ1) is 16.6. The van der Waals surface area contributed by atoms with Gasteiger partial charge in [-0.3, -0.25) is 9.59 Å². The average molecular weight is 282 g/mol.